The molecule has 2 fully saturated rings. The van der Waals surface area contributed by atoms with Crippen LogP contribution >= 0.6 is 11.3 Å². The quantitative estimate of drug-likeness (QED) is 0.888. The zero-order valence-electron chi connectivity index (χ0n) is 11.2. The van der Waals surface area contributed by atoms with Crippen LogP contribution in [0, 0.1) is 0 Å². The molecule has 3 N–H and O–H groups in total. The van der Waals surface area contributed by atoms with Gasteiger partial charge >= 0.3 is 0 Å². The maximum absolute atomic E-state index is 12.5. The van der Waals surface area contributed by atoms with E-state index in [1.807, 2.05) is 11.9 Å². The molecule has 0 unspecified atom stereocenters. The van der Waals surface area contributed by atoms with Crippen LogP contribution in [0.4, 0.5) is 10.9 Å². The van der Waals surface area contributed by atoms with E-state index >= 15 is 0 Å². The fourth-order valence-electron chi connectivity index (χ4n) is 2.57. The molecule has 1 heterocycles. The largest absolute Gasteiger partial charge is 0.382 e. The standard InChI is InChI=1S/C13H20N4OS/c1-17(9-4-2-3-5-9)12(18)10-11(14)16-13(19-10)15-8-6-7-8/h8-9H,2-7,14H2,1H3,(H,15,16). The molecule has 2 aliphatic carbocycles. The van der Waals surface area contributed by atoms with E-state index in [0.717, 1.165) is 18.0 Å². The Morgan fingerprint density at radius 2 is 2.05 bits per heavy atom. The van der Waals surface area contributed by atoms with Gasteiger partial charge in [0.15, 0.2) is 5.13 Å². The fraction of sp³-hybridized carbons (Fsp3) is 0.692. The molecule has 3 rings (SSSR count). The van der Waals surface area contributed by atoms with Crippen LogP contribution in [0.1, 0.15) is 48.2 Å². The number of nitrogens with two attached hydrogens (primary N) is 1. The van der Waals surface area contributed by atoms with Crippen molar-refractivity contribution in [1.29, 1.82) is 0 Å². The van der Waals surface area contributed by atoms with Crippen LogP contribution in [0.15, 0.2) is 0 Å². The second-order valence-corrected chi connectivity index (χ2v) is 6.51. The molecule has 104 valence electrons. The van der Waals surface area contributed by atoms with Gasteiger partial charge in [-0.15, -0.1) is 0 Å². The normalized spacial score (nSPS) is 19.6. The third-order valence-corrected chi connectivity index (χ3v) is 4.94. The molecule has 0 bridgehead atoms. The molecule has 0 saturated heterocycles. The van der Waals surface area contributed by atoms with Gasteiger partial charge < -0.3 is 16.0 Å². The zero-order valence-corrected chi connectivity index (χ0v) is 12.0. The number of nitrogens with one attached hydrogen (secondary N) is 1. The number of thiazole rings is 1. The van der Waals surface area contributed by atoms with E-state index in [1.54, 1.807) is 0 Å². The first-order chi connectivity index (χ1) is 9.15. The maximum Gasteiger partial charge on any atom is 0.267 e. The van der Waals surface area contributed by atoms with E-state index in [2.05, 4.69) is 10.3 Å². The summed E-state index contributed by atoms with van der Waals surface area (Å²) < 4.78 is 0. The number of carbonyl (C=O) groups excluding carboxylic acids is 1. The number of nitrogens with zero attached hydrogens (tertiary/aromatic N) is 2. The minimum absolute atomic E-state index is 0.0192. The van der Waals surface area contributed by atoms with Crippen molar-refractivity contribution in [3.63, 3.8) is 0 Å². The fourth-order valence-corrected chi connectivity index (χ4v) is 3.51. The molecule has 5 nitrogen and oxygen atoms in total. The van der Waals surface area contributed by atoms with Gasteiger partial charge in [0.25, 0.3) is 5.91 Å². The number of amides is 1. The highest BCUT2D eigenvalue weighted by molar-refractivity contribution is 7.18. The molecule has 1 amide bonds. The van der Waals surface area contributed by atoms with Crippen LogP contribution in [-0.2, 0) is 0 Å². The number of rotatable bonds is 4. The van der Waals surface area contributed by atoms with E-state index in [1.165, 1.54) is 37.0 Å². The average molecular weight is 280 g/mol. The number of anilines is 2. The lowest BCUT2D eigenvalue weighted by Gasteiger charge is -2.23. The van der Waals surface area contributed by atoms with Crippen molar-refractivity contribution in [2.75, 3.05) is 18.1 Å². The first-order valence-corrected chi connectivity index (χ1v) is 7.77. The molecular weight excluding hydrogens is 260 g/mol. The Hall–Kier alpha value is -1.30. The summed E-state index contributed by atoms with van der Waals surface area (Å²) >= 11 is 1.38. The summed E-state index contributed by atoms with van der Waals surface area (Å²) in [6, 6.07) is 0.898. The van der Waals surface area contributed by atoms with E-state index in [-0.39, 0.29) is 5.91 Å². The smallest absolute Gasteiger partial charge is 0.267 e. The zero-order chi connectivity index (χ0) is 13.4. The van der Waals surface area contributed by atoms with Gasteiger partial charge in [0.05, 0.1) is 0 Å². The van der Waals surface area contributed by atoms with Crippen molar-refractivity contribution >= 4 is 28.2 Å². The molecule has 0 aromatic carbocycles. The van der Waals surface area contributed by atoms with Gasteiger partial charge in [-0.3, -0.25) is 4.79 Å². The molecule has 0 atom stereocenters. The lowest BCUT2D eigenvalue weighted by atomic mass is 10.2. The molecule has 2 saturated carbocycles. The summed E-state index contributed by atoms with van der Waals surface area (Å²) in [6.45, 7) is 0. The van der Waals surface area contributed by atoms with Gasteiger partial charge in [-0.2, -0.15) is 0 Å². The lowest BCUT2D eigenvalue weighted by Crippen LogP contribution is -2.35. The molecule has 0 aliphatic heterocycles. The predicted molar refractivity (Wildman–Crippen MR) is 77.5 cm³/mol. The topological polar surface area (TPSA) is 71.2 Å². The van der Waals surface area contributed by atoms with Gasteiger partial charge in [0.1, 0.15) is 10.7 Å². The van der Waals surface area contributed by atoms with Gasteiger partial charge in [0.2, 0.25) is 0 Å². The molecule has 0 spiro atoms. The lowest BCUT2D eigenvalue weighted by molar-refractivity contribution is 0.0741. The Morgan fingerprint density at radius 1 is 1.37 bits per heavy atom. The molecular formula is C13H20N4OS. The second kappa shape index (κ2) is 5.00. The van der Waals surface area contributed by atoms with Crippen LogP contribution in [0.3, 0.4) is 0 Å². The van der Waals surface area contributed by atoms with Crippen LogP contribution < -0.4 is 11.1 Å². The molecule has 1 aromatic heterocycles. The summed E-state index contributed by atoms with van der Waals surface area (Å²) in [4.78, 5) is 19.1. The van der Waals surface area contributed by atoms with Gasteiger partial charge in [-0.1, -0.05) is 24.2 Å². The van der Waals surface area contributed by atoms with E-state index in [4.69, 9.17) is 5.73 Å². The Labute approximate surface area is 117 Å². The Balaban J connectivity index is 1.72. The average Bonchev–Trinajstić information content (AvgIpc) is 2.92. The Kier molecular flexibility index (Phi) is 3.35. The summed E-state index contributed by atoms with van der Waals surface area (Å²) in [5.41, 5.74) is 5.89. The highest BCUT2D eigenvalue weighted by Gasteiger charge is 2.28. The van der Waals surface area contributed by atoms with Crippen LogP contribution in [0.5, 0.6) is 0 Å². The van der Waals surface area contributed by atoms with Gasteiger partial charge in [-0.25, -0.2) is 4.98 Å². The van der Waals surface area contributed by atoms with Crippen molar-refractivity contribution in [2.24, 2.45) is 0 Å². The van der Waals surface area contributed by atoms with E-state index in [9.17, 15) is 4.79 Å². The molecule has 19 heavy (non-hydrogen) atoms. The first-order valence-electron chi connectivity index (χ1n) is 6.95. The van der Waals surface area contributed by atoms with Crippen molar-refractivity contribution in [3.05, 3.63) is 4.88 Å². The first kappa shape index (κ1) is 12.7. The molecule has 2 aliphatic rings. The minimum Gasteiger partial charge on any atom is -0.382 e. The van der Waals surface area contributed by atoms with Crippen LogP contribution in [0.25, 0.3) is 0 Å². The predicted octanol–water partition coefficient (Wildman–Crippen LogP) is 2.31. The number of aromatic nitrogens is 1. The van der Waals surface area contributed by atoms with E-state index < -0.39 is 0 Å². The Morgan fingerprint density at radius 3 is 2.68 bits per heavy atom. The number of carbonyl (C=O) groups is 1. The Bertz CT molecular complexity index is 477. The summed E-state index contributed by atoms with van der Waals surface area (Å²) in [5, 5.41) is 4.08. The maximum atomic E-state index is 12.5. The van der Waals surface area contributed by atoms with Crippen molar-refractivity contribution in [1.82, 2.24) is 9.88 Å². The molecule has 0 radical (unpaired) electrons. The van der Waals surface area contributed by atoms with E-state index in [0.29, 0.717) is 22.8 Å². The highest BCUT2D eigenvalue weighted by Crippen LogP contribution is 2.32. The summed E-state index contributed by atoms with van der Waals surface area (Å²) in [5.74, 6) is 0.383. The van der Waals surface area contributed by atoms with Crippen molar-refractivity contribution in [2.45, 2.75) is 50.6 Å². The third-order valence-electron chi connectivity index (χ3n) is 3.95. The van der Waals surface area contributed by atoms with Gasteiger partial charge in [0, 0.05) is 19.1 Å². The molecule has 1 aromatic rings. The highest BCUT2D eigenvalue weighted by atomic mass is 32.1. The van der Waals surface area contributed by atoms with Crippen LogP contribution in [-0.4, -0.2) is 34.9 Å². The second-order valence-electron chi connectivity index (χ2n) is 5.51. The third kappa shape index (κ3) is 2.68. The van der Waals surface area contributed by atoms with Crippen molar-refractivity contribution < 1.29 is 4.79 Å². The number of nitrogen functional groups attached to an aromatic ring is 1. The minimum atomic E-state index is 0.0192. The number of hydrogen-bond acceptors (Lipinski definition) is 5. The van der Waals surface area contributed by atoms with Crippen molar-refractivity contribution in [3.8, 4) is 0 Å². The molecule has 6 heteroatoms. The SMILES string of the molecule is CN(C(=O)c1sc(NC2CC2)nc1N)C1CCCC1. The monoisotopic (exact) mass is 280 g/mol. The van der Waals surface area contributed by atoms with Gasteiger partial charge in [-0.05, 0) is 25.7 Å². The number of hydrogen-bond donors (Lipinski definition) is 2. The summed E-state index contributed by atoms with van der Waals surface area (Å²) in [7, 11) is 1.88. The van der Waals surface area contributed by atoms with Crippen LogP contribution in [0.2, 0.25) is 0 Å². The summed E-state index contributed by atoms with van der Waals surface area (Å²) in [6.07, 6.45) is 7.02.